The summed E-state index contributed by atoms with van der Waals surface area (Å²) in [4.78, 5) is 4.63. The first-order chi connectivity index (χ1) is 13.4. The number of nitrogens with zero attached hydrogens (tertiary/aromatic N) is 4. The highest BCUT2D eigenvalue weighted by Crippen LogP contribution is 2.24. The summed E-state index contributed by atoms with van der Waals surface area (Å²) in [6, 6.07) is 1.18. The Labute approximate surface area is 187 Å². The summed E-state index contributed by atoms with van der Waals surface area (Å²) in [5.74, 6) is 0. The van der Waals surface area contributed by atoms with E-state index in [0.717, 1.165) is 17.1 Å². The molecule has 0 aromatic heterocycles. The molecule has 0 saturated heterocycles. The Balaban J connectivity index is 3.21. The van der Waals surface area contributed by atoms with Gasteiger partial charge in [-0.1, -0.05) is 18.2 Å². The van der Waals surface area contributed by atoms with Crippen molar-refractivity contribution in [3.05, 3.63) is 36.3 Å². The zero-order valence-electron chi connectivity index (χ0n) is 19.9. The van der Waals surface area contributed by atoms with E-state index in [2.05, 4.69) is 106 Å². The second-order valence-corrected chi connectivity index (χ2v) is 13.0. The number of hydrogen-bond acceptors (Lipinski definition) is 5. The Hall–Kier alpha value is -1.26. The van der Waals surface area contributed by atoms with Gasteiger partial charge < -0.3 is 17.8 Å². The second kappa shape index (κ2) is 11.2. The fourth-order valence-corrected chi connectivity index (χ4v) is 9.31. The molecule has 0 spiro atoms. The summed E-state index contributed by atoms with van der Waals surface area (Å²) in [5, 5.41) is 0. The smallest absolute Gasteiger partial charge is 0.543 e. The third-order valence-electron chi connectivity index (χ3n) is 4.39. The van der Waals surface area contributed by atoms with Crippen LogP contribution < -0.4 is 0 Å². The first kappa shape index (κ1) is 25.8. The van der Waals surface area contributed by atoms with E-state index in [9.17, 15) is 0 Å². The molecule has 0 unspecified atom stereocenters. The van der Waals surface area contributed by atoms with Crippen molar-refractivity contribution < 1.29 is 4.12 Å². The first-order valence-electron chi connectivity index (χ1n) is 10.4. The van der Waals surface area contributed by atoms with Crippen LogP contribution in [0.3, 0.4) is 0 Å². The van der Waals surface area contributed by atoms with Crippen molar-refractivity contribution in [1.82, 2.24) is 13.7 Å². The van der Waals surface area contributed by atoms with E-state index in [1.54, 1.807) is 0 Å². The van der Waals surface area contributed by atoms with Crippen LogP contribution in [0.15, 0.2) is 41.3 Å². The minimum Gasteiger partial charge on any atom is -0.551 e. The lowest BCUT2D eigenvalue weighted by atomic mass is 10.3. The van der Waals surface area contributed by atoms with E-state index in [-0.39, 0.29) is 12.1 Å². The maximum atomic E-state index is 6.72. The lowest BCUT2D eigenvalue weighted by molar-refractivity contribution is 0.275. The Morgan fingerprint density at radius 2 is 1.76 bits per heavy atom. The molecule has 1 heterocycles. The molecule has 0 aromatic carbocycles. The van der Waals surface area contributed by atoms with Crippen molar-refractivity contribution in [3.63, 3.8) is 0 Å². The predicted octanol–water partition coefficient (Wildman–Crippen LogP) is 5.12. The highest BCUT2D eigenvalue weighted by Gasteiger charge is 2.40. The van der Waals surface area contributed by atoms with Gasteiger partial charge >= 0.3 is 17.3 Å². The van der Waals surface area contributed by atoms with Crippen LogP contribution in [0.25, 0.3) is 0 Å². The van der Waals surface area contributed by atoms with E-state index in [4.69, 9.17) is 15.7 Å². The van der Waals surface area contributed by atoms with Crippen molar-refractivity contribution >= 4 is 34.6 Å². The lowest BCUT2D eigenvalue weighted by Crippen LogP contribution is -2.60. The van der Waals surface area contributed by atoms with Gasteiger partial charge in [0.2, 0.25) is 0 Å². The van der Waals surface area contributed by atoms with Crippen molar-refractivity contribution in [2.24, 2.45) is 4.99 Å². The minimum absolute atomic E-state index is 0.259. The average Bonchev–Trinajstić information content (AvgIpc) is 2.52. The molecule has 0 N–H and O–H groups in total. The zero-order chi connectivity index (χ0) is 22.5. The maximum Gasteiger partial charge on any atom is 0.543 e. The van der Waals surface area contributed by atoms with E-state index >= 15 is 0 Å². The number of rotatable bonds is 9. The zero-order valence-corrected chi connectivity index (χ0v) is 22.7. The predicted molar refractivity (Wildman–Crippen MR) is 131 cm³/mol. The van der Waals surface area contributed by atoms with E-state index in [1.807, 2.05) is 6.92 Å². The summed E-state index contributed by atoms with van der Waals surface area (Å²) >= 11 is 5.99. The van der Waals surface area contributed by atoms with Crippen LogP contribution in [0.4, 0.5) is 0 Å². The van der Waals surface area contributed by atoms with Crippen LogP contribution in [-0.4, -0.2) is 60.8 Å². The van der Waals surface area contributed by atoms with Crippen molar-refractivity contribution in [2.75, 3.05) is 0 Å². The van der Waals surface area contributed by atoms with Crippen molar-refractivity contribution in [1.29, 1.82) is 0 Å². The molecule has 8 heteroatoms. The van der Waals surface area contributed by atoms with Gasteiger partial charge in [0.05, 0.1) is 0 Å². The van der Waals surface area contributed by atoms with E-state index < -0.39 is 17.3 Å². The topological polar surface area (TPSA) is 31.3 Å². The molecule has 1 rings (SSSR count). The molecular weight excluding hydrogens is 412 g/mol. The fourth-order valence-electron chi connectivity index (χ4n) is 3.31. The van der Waals surface area contributed by atoms with Crippen molar-refractivity contribution in [3.8, 4) is 0 Å². The van der Waals surface area contributed by atoms with Gasteiger partial charge in [-0.05, 0) is 87.6 Å². The molecule has 1 aliphatic heterocycles. The fraction of sp³-hybridized carbons (Fsp3) is 0.667. The van der Waals surface area contributed by atoms with Gasteiger partial charge in [0.25, 0.3) is 0 Å². The van der Waals surface area contributed by atoms with E-state index in [0.29, 0.717) is 12.1 Å². The normalized spacial score (nSPS) is 16.7. The van der Waals surface area contributed by atoms with Crippen LogP contribution in [0, 0.1) is 0 Å². The van der Waals surface area contributed by atoms with Crippen molar-refractivity contribution in [2.45, 2.75) is 93.4 Å². The Morgan fingerprint density at radius 1 is 1.17 bits per heavy atom. The third kappa shape index (κ3) is 7.18. The third-order valence-corrected chi connectivity index (χ3v) is 10.7. The lowest BCUT2D eigenvalue weighted by Gasteiger charge is -2.45. The monoisotopic (exact) mass is 451 g/mol. The standard InChI is InChI=1S/C21H39N4OSSi2/c1-15(2)22-19(9)14-21(11)25(18(7)8)29(27)26-28-23(16(3)4)13-12-20(10)24(28)17(5)6/h12-18H,10H2,1-9,11H3/b21-14+,22-19?. The number of allylic oxidation sites excluding steroid dienone is 3. The molecule has 29 heavy (non-hydrogen) atoms. The van der Waals surface area contributed by atoms with Crippen LogP contribution in [0.2, 0.25) is 0 Å². The molecule has 1 radical (unpaired) electrons. The molecule has 0 aliphatic carbocycles. The molecule has 0 aromatic rings. The molecule has 0 atom stereocenters. The van der Waals surface area contributed by atoms with Crippen LogP contribution >= 0.6 is 11.6 Å². The molecule has 0 bridgehead atoms. The van der Waals surface area contributed by atoms with Crippen LogP contribution in [0.1, 0.15) is 69.2 Å². The second-order valence-electron chi connectivity index (χ2n) is 8.54. The van der Waals surface area contributed by atoms with Crippen LogP contribution in [-0.2, 0) is 4.12 Å². The highest BCUT2D eigenvalue weighted by molar-refractivity contribution is 7.87. The average molecular weight is 452 g/mol. The van der Waals surface area contributed by atoms with Gasteiger partial charge in [-0.15, -0.1) is 0 Å². The summed E-state index contributed by atoms with van der Waals surface area (Å²) in [6.45, 7) is 25.7. The van der Waals surface area contributed by atoms with Gasteiger partial charge in [0.1, 0.15) is 0 Å². The van der Waals surface area contributed by atoms with Gasteiger partial charge in [-0.3, -0.25) is 4.99 Å². The Kier molecular flexibility index (Phi) is 9.97. The number of aliphatic imine (C=N–C) groups is 1. The number of hydrogen-bond donors (Lipinski definition) is 0. The molecule has 163 valence electrons. The Bertz CT molecular complexity index is 686. The molecule has 0 fully saturated rings. The van der Waals surface area contributed by atoms with E-state index in [1.165, 1.54) is 0 Å². The largest absolute Gasteiger partial charge is 0.551 e. The summed E-state index contributed by atoms with van der Waals surface area (Å²) in [5.41, 5.74) is 3.13. The summed E-state index contributed by atoms with van der Waals surface area (Å²) < 4.78 is 13.6. The van der Waals surface area contributed by atoms with Gasteiger partial charge in [-0.25, -0.2) is 0 Å². The minimum atomic E-state index is -1.67. The molecule has 0 saturated carbocycles. The van der Waals surface area contributed by atoms with Gasteiger partial charge in [-0.2, -0.15) is 0 Å². The molecule has 0 amide bonds. The molecule has 1 aliphatic rings. The molecular formula is C21H39N4OSSi2. The SMILES string of the molecule is C=C1C=CN(C(C)C)[Si](O[Si](=S)N(/C(C)=C/C(C)=NC(C)C)C(C)C)N1C(C)C. The van der Waals surface area contributed by atoms with Crippen LogP contribution in [0.5, 0.6) is 0 Å². The Morgan fingerprint density at radius 3 is 2.21 bits per heavy atom. The maximum absolute atomic E-state index is 6.72. The molecule has 5 nitrogen and oxygen atoms in total. The van der Waals surface area contributed by atoms with Gasteiger partial charge in [0, 0.05) is 41.3 Å². The van der Waals surface area contributed by atoms with Gasteiger partial charge in [0.15, 0.2) is 0 Å². The summed E-state index contributed by atoms with van der Waals surface area (Å²) in [6.07, 6.45) is 6.31. The summed E-state index contributed by atoms with van der Waals surface area (Å²) in [7, 11) is -3.18. The highest BCUT2D eigenvalue weighted by atomic mass is 32.2. The quantitative estimate of drug-likeness (QED) is 0.359. The first-order valence-corrected chi connectivity index (χ1v) is 14.2.